The fourth-order valence-electron chi connectivity index (χ4n) is 2.26. The standard InChI is InChI=1S/C11H13NOS/c13-9-3-1-2-8(4-9)12-6-10-5-11(7-12)14-10/h1-4,10-11,13H,5-7H2. The van der Waals surface area contributed by atoms with E-state index in [4.69, 9.17) is 0 Å². The molecule has 3 heteroatoms. The number of hydrogen-bond donors (Lipinski definition) is 1. The maximum absolute atomic E-state index is 9.39. The molecule has 2 atom stereocenters. The molecule has 3 heterocycles. The van der Waals surface area contributed by atoms with Gasteiger partial charge < -0.3 is 10.0 Å². The molecule has 0 aromatic heterocycles. The van der Waals surface area contributed by atoms with Gasteiger partial charge >= 0.3 is 0 Å². The number of benzene rings is 1. The van der Waals surface area contributed by atoms with Gasteiger partial charge in [-0.1, -0.05) is 6.07 Å². The van der Waals surface area contributed by atoms with Crippen LogP contribution in [0, 0.1) is 0 Å². The van der Waals surface area contributed by atoms with Crippen LogP contribution in [0.5, 0.6) is 5.75 Å². The summed E-state index contributed by atoms with van der Waals surface area (Å²) >= 11 is 2.11. The lowest BCUT2D eigenvalue weighted by molar-refractivity contribution is 0.474. The van der Waals surface area contributed by atoms with E-state index >= 15 is 0 Å². The summed E-state index contributed by atoms with van der Waals surface area (Å²) < 4.78 is 0. The van der Waals surface area contributed by atoms with Crippen molar-refractivity contribution in [3.05, 3.63) is 24.3 Å². The van der Waals surface area contributed by atoms with E-state index < -0.39 is 0 Å². The first-order valence-electron chi connectivity index (χ1n) is 5.01. The second-order valence-corrected chi connectivity index (χ2v) is 5.65. The molecule has 0 radical (unpaired) electrons. The summed E-state index contributed by atoms with van der Waals surface area (Å²) in [6.07, 6.45) is 1.39. The lowest BCUT2D eigenvalue weighted by Crippen LogP contribution is -2.51. The third-order valence-corrected chi connectivity index (χ3v) is 4.41. The van der Waals surface area contributed by atoms with Gasteiger partial charge in [0, 0.05) is 35.3 Å². The van der Waals surface area contributed by atoms with Crippen LogP contribution >= 0.6 is 11.8 Å². The van der Waals surface area contributed by atoms with E-state index in [0.717, 1.165) is 23.6 Å². The Bertz CT molecular complexity index is 339. The molecule has 1 aromatic rings. The smallest absolute Gasteiger partial charge is 0.117 e. The number of piperidine rings is 1. The molecule has 0 spiro atoms. The van der Waals surface area contributed by atoms with Crippen molar-refractivity contribution in [1.82, 2.24) is 0 Å². The fourth-order valence-corrected chi connectivity index (χ4v) is 3.66. The molecular weight excluding hydrogens is 194 g/mol. The van der Waals surface area contributed by atoms with E-state index in [2.05, 4.69) is 22.7 Å². The predicted octanol–water partition coefficient (Wildman–Crippen LogP) is 2.09. The molecule has 3 aliphatic heterocycles. The number of fused-ring (bicyclic) bond motifs is 2. The molecule has 4 rings (SSSR count). The van der Waals surface area contributed by atoms with Crippen molar-refractivity contribution in [2.24, 2.45) is 0 Å². The molecule has 1 aromatic carbocycles. The second kappa shape index (κ2) is 3.09. The number of anilines is 1. The predicted molar refractivity (Wildman–Crippen MR) is 60.1 cm³/mol. The van der Waals surface area contributed by atoms with Gasteiger partial charge in [0.25, 0.3) is 0 Å². The number of hydrogen-bond acceptors (Lipinski definition) is 3. The minimum atomic E-state index is 0.370. The van der Waals surface area contributed by atoms with Gasteiger partial charge in [-0.3, -0.25) is 0 Å². The third kappa shape index (κ3) is 1.36. The molecule has 14 heavy (non-hydrogen) atoms. The zero-order valence-electron chi connectivity index (χ0n) is 7.89. The average Bonchev–Trinajstić information content (AvgIpc) is 2.17. The normalized spacial score (nSPS) is 29.9. The SMILES string of the molecule is Oc1cccc(N2CC3CC(C2)S3)c1. The van der Waals surface area contributed by atoms with Crippen molar-refractivity contribution in [3.63, 3.8) is 0 Å². The molecule has 2 unspecified atom stereocenters. The van der Waals surface area contributed by atoms with Gasteiger partial charge in [0.05, 0.1) is 0 Å². The van der Waals surface area contributed by atoms with Crippen LogP contribution in [0.15, 0.2) is 24.3 Å². The Balaban J connectivity index is 1.82. The van der Waals surface area contributed by atoms with Crippen molar-refractivity contribution in [1.29, 1.82) is 0 Å². The first kappa shape index (κ1) is 8.48. The molecule has 74 valence electrons. The molecule has 3 fully saturated rings. The van der Waals surface area contributed by atoms with Gasteiger partial charge in [-0.05, 0) is 18.6 Å². The van der Waals surface area contributed by atoms with E-state index in [0.29, 0.717) is 5.75 Å². The van der Waals surface area contributed by atoms with Crippen LogP contribution in [0.2, 0.25) is 0 Å². The number of phenols is 1. The highest BCUT2D eigenvalue weighted by molar-refractivity contribution is 8.02. The monoisotopic (exact) mass is 207 g/mol. The minimum Gasteiger partial charge on any atom is -0.508 e. The summed E-state index contributed by atoms with van der Waals surface area (Å²) in [5, 5.41) is 11.0. The topological polar surface area (TPSA) is 23.5 Å². The molecule has 3 saturated heterocycles. The number of thioether (sulfide) groups is 1. The summed E-state index contributed by atoms with van der Waals surface area (Å²) in [5.74, 6) is 0.370. The minimum absolute atomic E-state index is 0.370. The van der Waals surface area contributed by atoms with Gasteiger partial charge in [-0.25, -0.2) is 0 Å². The van der Waals surface area contributed by atoms with Gasteiger partial charge in [-0.2, -0.15) is 11.8 Å². The van der Waals surface area contributed by atoms with Crippen molar-refractivity contribution >= 4 is 17.4 Å². The maximum atomic E-state index is 9.39. The number of aromatic hydroxyl groups is 1. The van der Waals surface area contributed by atoms with Crippen LogP contribution in [0.3, 0.4) is 0 Å². The molecule has 2 nitrogen and oxygen atoms in total. The largest absolute Gasteiger partial charge is 0.508 e. The summed E-state index contributed by atoms with van der Waals surface area (Å²) in [4.78, 5) is 2.38. The average molecular weight is 207 g/mol. The van der Waals surface area contributed by atoms with Crippen LogP contribution in [0.4, 0.5) is 5.69 Å². The van der Waals surface area contributed by atoms with E-state index in [9.17, 15) is 5.11 Å². The van der Waals surface area contributed by atoms with Crippen molar-refractivity contribution in [2.75, 3.05) is 18.0 Å². The fraction of sp³-hybridized carbons (Fsp3) is 0.455. The Kier molecular flexibility index (Phi) is 1.87. The zero-order chi connectivity index (χ0) is 9.54. The molecular formula is C11H13NOS. The van der Waals surface area contributed by atoms with Crippen LogP contribution in [0.25, 0.3) is 0 Å². The van der Waals surface area contributed by atoms with Crippen molar-refractivity contribution in [3.8, 4) is 5.75 Å². The van der Waals surface area contributed by atoms with E-state index in [-0.39, 0.29) is 0 Å². The Labute approximate surface area is 87.9 Å². The lowest BCUT2D eigenvalue weighted by Gasteiger charge is -2.47. The molecule has 0 aliphatic carbocycles. The summed E-state index contributed by atoms with van der Waals surface area (Å²) in [7, 11) is 0. The number of phenolic OH excluding ortho intramolecular Hbond substituents is 1. The number of nitrogens with zero attached hydrogens (tertiary/aromatic N) is 1. The van der Waals surface area contributed by atoms with E-state index in [1.54, 1.807) is 6.07 Å². The molecule has 0 amide bonds. The number of rotatable bonds is 1. The highest BCUT2D eigenvalue weighted by atomic mass is 32.2. The Morgan fingerprint density at radius 2 is 2.00 bits per heavy atom. The molecule has 1 N–H and O–H groups in total. The maximum Gasteiger partial charge on any atom is 0.117 e. The quantitative estimate of drug-likeness (QED) is 0.762. The van der Waals surface area contributed by atoms with E-state index in [1.165, 1.54) is 12.1 Å². The van der Waals surface area contributed by atoms with Crippen LogP contribution < -0.4 is 4.90 Å². The highest BCUT2D eigenvalue weighted by Gasteiger charge is 2.37. The second-order valence-electron chi connectivity index (χ2n) is 4.04. The van der Waals surface area contributed by atoms with Crippen molar-refractivity contribution < 1.29 is 5.11 Å². The Morgan fingerprint density at radius 1 is 1.29 bits per heavy atom. The first-order valence-corrected chi connectivity index (χ1v) is 5.95. The van der Waals surface area contributed by atoms with Crippen LogP contribution in [-0.4, -0.2) is 28.7 Å². The highest BCUT2D eigenvalue weighted by Crippen LogP contribution is 2.42. The van der Waals surface area contributed by atoms with Gasteiger partial charge in [0.1, 0.15) is 5.75 Å². The summed E-state index contributed by atoms with van der Waals surface area (Å²) in [5.41, 5.74) is 1.17. The van der Waals surface area contributed by atoms with Crippen molar-refractivity contribution in [2.45, 2.75) is 16.9 Å². The Hall–Kier alpha value is -0.830. The van der Waals surface area contributed by atoms with Crippen LogP contribution in [-0.2, 0) is 0 Å². The zero-order valence-corrected chi connectivity index (χ0v) is 8.70. The summed E-state index contributed by atoms with van der Waals surface area (Å²) in [6, 6.07) is 7.57. The lowest BCUT2D eigenvalue weighted by atomic mass is 10.1. The molecule has 0 saturated carbocycles. The Morgan fingerprint density at radius 3 is 2.64 bits per heavy atom. The van der Waals surface area contributed by atoms with E-state index in [1.807, 2.05) is 12.1 Å². The molecule has 3 aliphatic rings. The summed E-state index contributed by atoms with van der Waals surface area (Å²) in [6.45, 7) is 2.29. The van der Waals surface area contributed by atoms with Gasteiger partial charge in [-0.15, -0.1) is 0 Å². The van der Waals surface area contributed by atoms with Crippen LogP contribution in [0.1, 0.15) is 6.42 Å². The third-order valence-electron chi connectivity index (χ3n) is 2.95. The molecule has 2 bridgehead atoms. The first-order chi connectivity index (χ1) is 6.81. The van der Waals surface area contributed by atoms with Gasteiger partial charge in [0.15, 0.2) is 0 Å². The van der Waals surface area contributed by atoms with Gasteiger partial charge in [0.2, 0.25) is 0 Å².